The van der Waals surface area contributed by atoms with E-state index in [2.05, 4.69) is 22.1 Å². The van der Waals surface area contributed by atoms with E-state index in [-0.39, 0.29) is 10.6 Å². The van der Waals surface area contributed by atoms with Crippen molar-refractivity contribution in [3.05, 3.63) is 27.9 Å². The molecule has 1 N–H and O–H groups in total. The molecule has 1 unspecified atom stereocenters. The summed E-state index contributed by atoms with van der Waals surface area (Å²) in [5.41, 5.74) is 0.579. The van der Waals surface area contributed by atoms with E-state index in [1.165, 1.54) is 12.8 Å². The van der Waals surface area contributed by atoms with E-state index >= 15 is 0 Å². The lowest BCUT2D eigenvalue weighted by atomic mass is 9.99. The van der Waals surface area contributed by atoms with Crippen LogP contribution in [-0.2, 0) is 0 Å². The molecule has 0 amide bonds. The number of hydrogen-bond donors (Lipinski definition) is 1. The number of pyridine rings is 1. The van der Waals surface area contributed by atoms with Gasteiger partial charge in [0.25, 0.3) is 5.69 Å². The van der Waals surface area contributed by atoms with Crippen LogP contribution in [0.3, 0.4) is 0 Å². The first kappa shape index (κ1) is 15.7. The van der Waals surface area contributed by atoms with Gasteiger partial charge in [0.1, 0.15) is 11.5 Å². The number of piperidine rings is 1. The van der Waals surface area contributed by atoms with Crippen LogP contribution in [-0.4, -0.2) is 36.1 Å². The molecule has 2 heterocycles. The molecule has 1 aromatic heterocycles. The van der Waals surface area contributed by atoms with Crippen LogP contribution in [0, 0.1) is 23.0 Å². The van der Waals surface area contributed by atoms with Crippen molar-refractivity contribution in [2.45, 2.75) is 33.1 Å². The second kappa shape index (κ2) is 7.36. The zero-order valence-electron chi connectivity index (χ0n) is 12.8. The van der Waals surface area contributed by atoms with Gasteiger partial charge in [0.05, 0.1) is 4.92 Å². The predicted molar refractivity (Wildman–Crippen MR) is 83.7 cm³/mol. The molecule has 0 spiro atoms. The third kappa shape index (κ3) is 4.14. The first-order chi connectivity index (χ1) is 10.1. The van der Waals surface area contributed by atoms with Crippen LogP contribution in [0.2, 0.25) is 0 Å². The molecule has 0 radical (unpaired) electrons. The maximum absolute atomic E-state index is 10.9. The summed E-state index contributed by atoms with van der Waals surface area (Å²) < 4.78 is 0. The van der Waals surface area contributed by atoms with Crippen molar-refractivity contribution < 1.29 is 4.92 Å². The Morgan fingerprint density at radius 3 is 2.90 bits per heavy atom. The van der Waals surface area contributed by atoms with Gasteiger partial charge in [-0.05, 0) is 51.3 Å². The molecular weight excluding hydrogens is 268 g/mol. The van der Waals surface area contributed by atoms with Crippen molar-refractivity contribution in [2.24, 2.45) is 5.92 Å². The largest absolute Gasteiger partial charge is 0.356 e. The number of nitrogens with one attached hydrogen (secondary N) is 1. The van der Waals surface area contributed by atoms with Crippen LogP contribution in [0.4, 0.5) is 11.5 Å². The standard InChI is InChI=1S/C15H24N4O2/c1-3-9-18(11-13-5-4-8-16-10-13)15-7-6-14(19(20)21)12(2)17-15/h6-7,13,16H,3-5,8-11H2,1-2H3. The summed E-state index contributed by atoms with van der Waals surface area (Å²) in [6, 6.07) is 3.34. The Bertz CT molecular complexity index is 487. The van der Waals surface area contributed by atoms with Crippen LogP contribution >= 0.6 is 0 Å². The third-order valence-electron chi connectivity index (χ3n) is 3.93. The fourth-order valence-corrected chi connectivity index (χ4v) is 2.87. The van der Waals surface area contributed by atoms with E-state index in [9.17, 15) is 10.1 Å². The van der Waals surface area contributed by atoms with E-state index in [0.717, 1.165) is 38.4 Å². The number of rotatable bonds is 6. The average Bonchev–Trinajstić information content (AvgIpc) is 2.47. The summed E-state index contributed by atoms with van der Waals surface area (Å²) in [6.45, 7) is 7.90. The van der Waals surface area contributed by atoms with E-state index in [1.54, 1.807) is 19.1 Å². The maximum Gasteiger partial charge on any atom is 0.290 e. The van der Waals surface area contributed by atoms with Gasteiger partial charge >= 0.3 is 0 Å². The van der Waals surface area contributed by atoms with E-state index < -0.39 is 0 Å². The Hall–Kier alpha value is -1.69. The summed E-state index contributed by atoms with van der Waals surface area (Å²) in [7, 11) is 0. The minimum absolute atomic E-state index is 0.0922. The normalized spacial score (nSPS) is 18.5. The molecule has 116 valence electrons. The molecule has 1 aliphatic rings. The number of hydrogen-bond acceptors (Lipinski definition) is 5. The summed E-state index contributed by atoms with van der Waals surface area (Å²) in [5.74, 6) is 1.48. The summed E-state index contributed by atoms with van der Waals surface area (Å²) in [4.78, 5) is 17.2. The first-order valence-corrected chi connectivity index (χ1v) is 7.69. The zero-order chi connectivity index (χ0) is 15.2. The first-order valence-electron chi connectivity index (χ1n) is 7.69. The number of aromatic nitrogens is 1. The number of aryl methyl sites for hydroxylation is 1. The molecule has 1 aliphatic heterocycles. The van der Waals surface area contributed by atoms with E-state index in [4.69, 9.17) is 0 Å². The maximum atomic E-state index is 10.9. The number of anilines is 1. The second-order valence-electron chi connectivity index (χ2n) is 5.69. The van der Waals surface area contributed by atoms with Gasteiger partial charge in [-0.2, -0.15) is 0 Å². The van der Waals surface area contributed by atoms with Gasteiger partial charge in [0.2, 0.25) is 0 Å². The van der Waals surface area contributed by atoms with Gasteiger partial charge in [-0.3, -0.25) is 10.1 Å². The van der Waals surface area contributed by atoms with Gasteiger partial charge < -0.3 is 10.2 Å². The van der Waals surface area contributed by atoms with Crippen molar-refractivity contribution in [3.8, 4) is 0 Å². The van der Waals surface area contributed by atoms with Gasteiger partial charge in [-0.1, -0.05) is 6.92 Å². The molecule has 0 bridgehead atoms. The average molecular weight is 292 g/mol. The fraction of sp³-hybridized carbons (Fsp3) is 0.667. The van der Waals surface area contributed by atoms with Crippen LogP contribution < -0.4 is 10.2 Å². The van der Waals surface area contributed by atoms with Crippen molar-refractivity contribution >= 4 is 11.5 Å². The highest BCUT2D eigenvalue weighted by molar-refractivity contribution is 5.46. The van der Waals surface area contributed by atoms with Crippen LogP contribution in [0.1, 0.15) is 31.9 Å². The number of nitrogens with zero attached hydrogens (tertiary/aromatic N) is 3. The lowest BCUT2D eigenvalue weighted by Crippen LogP contribution is -2.39. The summed E-state index contributed by atoms with van der Waals surface area (Å²) in [5, 5.41) is 14.3. The Kier molecular flexibility index (Phi) is 5.50. The Balaban J connectivity index is 2.13. The second-order valence-corrected chi connectivity index (χ2v) is 5.69. The lowest BCUT2D eigenvalue weighted by Gasteiger charge is -2.31. The van der Waals surface area contributed by atoms with Gasteiger partial charge in [-0.25, -0.2) is 4.98 Å². The molecule has 1 aromatic rings. The van der Waals surface area contributed by atoms with Crippen molar-refractivity contribution in [1.82, 2.24) is 10.3 Å². The third-order valence-corrected chi connectivity index (χ3v) is 3.93. The minimum Gasteiger partial charge on any atom is -0.356 e. The molecule has 6 nitrogen and oxygen atoms in total. The zero-order valence-corrected chi connectivity index (χ0v) is 12.8. The van der Waals surface area contributed by atoms with Crippen LogP contribution in [0.15, 0.2) is 12.1 Å². The van der Waals surface area contributed by atoms with Gasteiger partial charge in [-0.15, -0.1) is 0 Å². The van der Waals surface area contributed by atoms with Crippen molar-refractivity contribution in [2.75, 3.05) is 31.1 Å². The number of nitro groups is 1. The summed E-state index contributed by atoms with van der Waals surface area (Å²) >= 11 is 0. The minimum atomic E-state index is -0.374. The Morgan fingerprint density at radius 2 is 2.33 bits per heavy atom. The molecule has 0 aliphatic carbocycles. The van der Waals surface area contributed by atoms with E-state index in [1.807, 2.05) is 0 Å². The smallest absolute Gasteiger partial charge is 0.290 e. The Labute approximate surface area is 125 Å². The monoisotopic (exact) mass is 292 g/mol. The molecule has 6 heteroatoms. The Morgan fingerprint density at radius 1 is 1.52 bits per heavy atom. The SMILES string of the molecule is CCCN(CC1CCCNC1)c1ccc([N+](=O)[O-])c(C)n1. The highest BCUT2D eigenvalue weighted by atomic mass is 16.6. The van der Waals surface area contributed by atoms with E-state index in [0.29, 0.717) is 11.6 Å². The highest BCUT2D eigenvalue weighted by Gasteiger charge is 2.19. The molecule has 1 saturated heterocycles. The topological polar surface area (TPSA) is 71.3 Å². The molecule has 1 fully saturated rings. The molecule has 0 saturated carbocycles. The quantitative estimate of drug-likeness (QED) is 0.644. The lowest BCUT2D eigenvalue weighted by molar-refractivity contribution is -0.385. The summed E-state index contributed by atoms with van der Waals surface area (Å²) in [6.07, 6.45) is 3.49. The van der Waals surface area contributed by atoms with Gasteiger partial charge in [0, 0.05) is 19.2 Å². The van der Waals surface area contributed by atoms with Crippen molar-refractivity contribution in [1.29, 1.82) is 0 Å². The molecule has 21 heavy (non-hydrogen) atoms. The molecule has 0 aromatic carbocycles. The molecule has 2 rings (SSSR count). The van der Waals surface area contributed by atoms with Crippen LogP contribution in [0.5, 0.6) is 0 Å². The molecular formula is C15H24N4O2. The van der Waals surface area contributed by atoms with Crippen LogP contribution in [0.25, 0.3) is 0 Å². The van der Waals surface area contributed by atoms with Crippen molar-refractivity contribution in [3.63, 3.8) is 0 Å². The fourth-order valence-electron chi connectivity index (χ4n) is 2.87. The predicted octanol–water partition coefficient (Wildman–Crippen LogP) is 2.51. The molecule has 1 atom stereocenters. The highest BCUT2D eigenvalue weighted by Crippen LogP contribution is 2.22. The van der Waals surface area contributed by atoms with Gasteiger partial charge in [0.15, 0.2) is 0 Å².